The summed E-state index contributed by atoms with van der Waals surface area (Å²) < 4.78 is 2.12. The minimum absolute atomic E-state index is 0. The maximum Gasteiger partial charge on any atom is 0.0561 e. The van der Waals surface area contributed by atoms with Gasteiger partial charge in [0.25, 0.3) is 0 Å². The van der Waals surface area contributed by atoms with Crippen molar-refractivity contribution in [3.63, 3.8) is 0 Å². The third kappa shape index (κ3) is 2.02. The lowest BCUT2D eigenvalue weighted by molar-refractivity contribution is 0.876. The highest BCUT2D eigenvalue weighted by Crippen LogP contribution is 2.32. The van der Waals surface area contributed by atoms with E-state index < -0.39 is 0 Å². The van der Waals surface area contributed by atoms with Gasteiger partial charge in [-0.05, 0) is 36.6 Å². The van der Waals surface area contributed by atoms with Gasteiger partial charge in [-0.3, -0.25) is 0 Å². The topological polar surface area (TPSA) is 54.8 Å². The average Bonchev–Trinajstić information content (AvgIpc) is 2.36. The molecule has 0 bridgehead atoms. The molecule has 2 aliphatic rings. The van der Waals surface area contributed by atoms with E-state index >= 15 is 0 Å². The summed E-state index contributed by atoms with van der Waals surface area (Å²) in [6.07, 6.45) is 0. The fourth-order valence-corrected chi connectivity index (χ4v) is 2.49. The highest BCUT2D eigenvalue weighted by atomic mass is 79.9. The Hall–Kier alpha value is -1.81. The van der Waals surface area contributed by atoms with Crippen molar-refractivity contribution in [1.29, 1.82) is 5.41 Å². The van der Waals surface area contributed by atoms with E-state index in [1.165, 1.54) is 10.8 Å². The summed E-state index contributed by atoms with van der Waals surface area (Å²) in [7, 11) is 2.03. The van der Waals surface area contributed by atoms with Gasteiger partial charge in [0.2, 0.25) is 0 Å². The van der Waals surface area contributed by atoms with E-state index in [4.69, 9.17) is 11.1 Å². The number of hydrogen-bond acceptors (Lipinski definition) is 2. The van der Waals surface area contributed by atoms with Crippen LogP contribution in [0.15, 0.2) is 36.4 Å². The van der Waals surface area contributed by atoms with Crippen molar-refractivity contribution in [2.75, 3.05) is 5.73 Å². The Morgan fingerprint density at radius 2 is 1.79 bits per heavy atom. The van der Waals surface area contributed by atoms with Gasteiger partial charge in [-0.1, -0.05) is 12.1 Å². The van der Waals surface area contributed by atoms with Crippen molar-refractivity contribution >= 4 is 33.4 Å². The first-order valence-corrected chi connectivity index (χ1v) is 5.91. The number of fused-ring (bicyclic) bond motifs is 3. The predicted molar refractivity (Wildman–Crippen MR) is 84.9 cm³/mol. The average molecular weight is 318 g/mol. The number of nitrogens with two attached hydrogens (primary N) is 1. The van der Waals surface area contributed by atoms with Crippen LogP contribution in [0.5, 0.6) is 0 Å². The molecule has 19 heavy (non-hydrogen) atoms. The smallest absolute Gasteiger partial charge is 0.0561 e. The SMILES string of the molecule is Br.Cc1c2cc(N)ccc2c2ccc(=N)cc-2n1C. The Morgan fingerprint density at radius 1 is 1.05 bits per heavy atom. The van der Waals surface area contributed by atoms with E-state index in [1.807, 2.05) is 37.4 Å². The Balaban J connectivity index is 0.00000133. The second-order valence-electron chi connectivity index (χ2n) is 4.68. The number of aromatic nitrogens is 1. The van der Waals surface area contributed by atoms with Gasteiger partial charge < -0.3 is 15.7 Å². The third-order valence-corrected chi connectivity index (χ3v) is 3.59. The summed E-state index contributed by atoms with van der Waals surface area (Å²) in [5.41, 5.74) is 10.1. The molecule has 0 fully saturated rings. The van der Waals surface area contributed by atoms with Gasteiger partial charge >= 0.3 is 0 Å². The molecule has 1 aromatic carbocycles. The lowest BCUT2D eigenvalue weighted by atomic mass is 9.98. The molecule has 1 heterocycles. The Labute approximate surface area is 122 Å². The molecule has 0 spiro atoms. The highest BCUT2D eigenvalue weighted by Gasteiger charge is 2.12. The molecule has 0 amide bonds. The van der Waals surface area contributed by atoms with Crippen molar-refractivity contribution < 1.29 is 0 Å². The van der Waals surface area contributed by atoms with Crippen LogP contribution in [0.1, 0.15) is 5.69 Å². The van der Waals surface area contributed by atoms with Crippen molar-refractivity contribution in [3.8, 4) is 11.3 Å². The molecule has 0 saturated heterocycles. The lowest BCUT2D eigenvalue weighted by Gasteiger charge is -2.19. The predicted octanol–water partition coefficient (Wildman–Crippen LogP) is 3.23. The van der Waals surface area contributed by atoms with Crippen LogP contribution in [0.4, 0.5) is 5.69 Å². The van der Waals surface area contributed by atoms with Gasteiger partial charge in [-0.25, -0.2) is 0 Å². The van der Waals surface area contributed by atoms with Gasteiger partial charge in [-0.2, -0.15) is 0 Å². The number of nitrogens with zero attached hydrogens (tertiary/aromatic N) is 1. The summed E-state index contributed by atoms with van der Waals surface area (Å²) in [5.74, 6) is 0. The molecule has 0 saturated carbocycles. The van der Waals surface area contributed by atoms with Crippen LogP contribution < -0.4 is 11.1 Å². The molecule has 0 atom stereocenters. The molecule has 98 valence electrons. The van der Waals surface area contributed by atoms with Gasteiger partial charge in [-0.15, -0.1) is 17.0 Å². The third-order valence-electron chi connectivity index (χ3n) is 3.59. The molecule has 1 aromatic rings. The van der Waals surface area contributed by atoms with E-state index in [0.29, 0.717) is 5.36 Å². The number of halogens is 1. The van der Waals surface area contributed by atoms with Crippen LogP contribution in [0.2, 0.25) is 0 Å². The molecule has 0 aromatic heterocycles. The van der Waals surface area contributed by atoms with Crippen molar-refractivity contribution in [1.82, 2.24) is 4.57 Å². The van der Waals surface area contributed by atoms with Crippen LogP contribution in [-0.2, 0) is 7.05 Å². The summed E-state index contributed by atoms with van der Waals surface area (Å²) in [6.45, 7) is 2.08. The number of benzene rings is 2. The van der Waals surface area contributed by atoms with Gasteiger partial charge in [0, 0.05) is 29.4 Å². The van der Waals surface area contributed by atoms with Crippen LogP contribution in [0, 0.1) is 12.3 Å². The quantitative estimate of drug-likeness (QED) is 0.485. The zero-order chi connectivity index (χ0) is 12.9. The zero-order valence-corrected chi connectivity index (χ0v) is 12.6. The van der Waals surface area contributed by atoms with E-state index in [1.54, 1.807) is 0 Å². The van der Waals surface area contributed by atoms with E-state index in [0.717, 1.165) is 22.6 Å². The summed E-state index contributed by atoms with van der Waals surface area (Å²) in [4.78, 5) is 0. The molecular weight excluding hydrogens is 302 g/mol. The standard InChI is InChI=1S/C15H15N3.BrH/c1-9-14-7-10(16)3-5-12(14)13-6-4-11(17)8-15(13)18(9)2;/h3-8,17H,16H2,1-2H3;1H. The first-order chi connectivity index (χ1) is 8.58. The minimum atomic E-state index is 0. The van der Waals surface area contributed by atoms with Crippen LogP contribution in [-0.4, -0.2) is 4.57 Å². The maximum atomic E-state index is 7.75. The monoisotopic (exact) mass is 317 g/mol. The number of rotatable bonds is 0. The summed E-state index contributed by atoms with van der Waals surface area (Å²) >= 11 is 0. The van der Waals surface area contributed by atoms with Crippen LogP contribution >= 0.6 is 17.0 Å². The largest absolute Gasteiger partial charge is 0.399 e. The lowest BCUT2D eigenvalue weighted by Crippen LogP contribution is -2.08. The van der Waals surface area contributed by atoms with E-state index in [2.05, 4.69) is 17.6 Å². The number of anilines is 1. The second kappa shape index (κ2) is 4.70. The molecule has 4 heteroatoms. The van der Waals surface area contributed by atoms with Gasteiger partial charge in [0.1, 0.15) is 0 Å². The maximum absolute atomic E-state index is 7.75. The van der Waals surface area contributed by atoms with Crippen molar-refractivity contribution in [2.24, 2.45) is 7.05 Å². The molecule has 0 unspecified atom stereocenters. The fourth-order valence-electron chi connectivity index (χ4n) is 2.49. The van der Waals surface area contributed by atoms with E-state index in [9.17, 15) is 0 Å². The number of nitrogens with one attached hydrogen (secondary N) is 1. The summed E-state index contributed by atoms with van der Waals surface area (Å²) in [5, 5.41) is 10.6. The minimum Gasteiger partial charge on any atom is -0.399 e. The zero-order valence-electron chi connectivity index (χ0n) is 10.9. The normalized spacial score (nSPS) is 10.6. The molecular formula is C15H16BrN3. The van der Waals surface area contributed by atoms with E-state index in [-0.39, 0.29) is 17.0 Å². The van der Waals surface area contributed by atoms with Crippen LogP contribution in [0.3, 0.4) is 0 Å². The molecule has 3 rings (SSSR count). The second-order valence-corrected chi connectivity index (χ2v) is 4.68. The van der Waals surface area contributed by atoms with Crippen molar-refractivity contribution in [2.45, 2.75) is 6.92 Å². The summed E-state index contributed by atoms with van der Waals surface area (Å²) in [6, 6.07) is 11.7. The van der Waals surface area contributed by atoms with Crippen LogP contribution in [0.25, 0.3) is 22.0 Å². The number of nitrogen functional groups attached to an aromatic ring is 1. The van der Waals surface area contributed by atoms with Gasteiger partial charge in [0.15, 0.2) is 0 Å². The number of pyridine rings is 1. The van der Waals surface area contributed by atoms with Gasteiger partial charge in [0.05, 0.1) is 11.1 Å². The van der Waals surface area contributed by atoms with Crippen molar-refractivity contribution in [3.05, 3.63) is 47.4 Å². The first-order valence-electron chi connectivity index (χ1n) is 5.91. The Kier molecular flexibility index (Phi) is 3.37. The fraction of sp³-hybridized carbons (Fsp3) is 0.133. The molecule has 1 aliphatic heterocycles. The number of aryl methyl sites for hydroxylation is 1. The molecule has 3 nitrogen and oxygen atoms in total. The Morgan fingerprint density at radius 3 is 2.53 bits per heavy atom. The molecule has 0 radical (unpaired) electrons. The number of hydrogen-bond donors (Lipinski definition) is 2. The first kappa shape index (κ1) is 13.6. The molecule has 1 aliphatic carbocycles. The Bertz CT molecular complexity index is 789. The molecule has 3 N–H and O–H groups in total. The highest BCUT2D eigenvalue weighted by molar-refractivity contribution is 8.93.